The maximum absolute atomic E-state index is 13.7. The van der Waals surface area contributed by atoms with Crippen LogP contribution in [-0.2, 0) is 6.42 Å². The molecule has 0 N–H and O–H groups in total. The van der Waals surface area contributed by atoms with Crippen molar-refractivity contribution >= 4 is 21.5 Å². The van der Waals surface area contributed by atoms with Crippen molar-refractivity contribution < 1.29 is 22.0 Å². The van der Waals surface area contributed by atoms with Crippen LogP contribution in [0.3, 0.4) is 0 Å². The highest BCUT2D eigenvalue weighted by atomic mass is 79.9. The Bertz CT molecular complexity index is 678. The molecule has 0 amide bonds. The molecule has 110 valence electrons. The van der Waals surface area contributed by atoms with Crippen LogP contribution in [0, 0.1) is 29.1 Å². The Hall–Kier alpha value is -1.69. The Labute approximate surface area is 126 Å². The first kappa shape index (κ1) is 15.7. The molecule has 0 saturated heterocycles. The molecule has 0 spiro atoms. The van der Waals surface area contributed by atoms with Crippen molar-refractivity contribution in [2.45, 2.75) is 6.42 Å². The van der Waals surface area contributed by atoms with E-state index in [0.717, 1.165) is 24.3 Å². The summed E-state index contributed by atoms with van der Waals surface area (Å²) in [6.45, 7) is 3.52. The zero-order valence-corrected chi connectivity index (χ0v) is 12.1. The predicted molar refractivity (Wildman–Crippen MR) is 73.1 cm³/mol. The van der Waals surface area contributed by atoms with Gasteiger partial charge in [0.15, 0.2) is 17.5 Å². The van der Waals surface area contributed by atoms with E-state index in [1.807, 2.05) is 0 Å². The molecule has 2 aromatic rings. The van der Waals surface area contributed by atoms with E-state index >= 15 is 0 Å². The first-order valence-corrected chi connectivity index (χ1v) is 6.55. The van der Waals surface area contributed by atoms with Crippen LogP contribution >= 0.6 is 15.9 Å². The van der Waals surface area contributed by atoms with Crippen LogP contribution in [0.4, 0.5) is 22.0 Å². The van der Waals surface area contributed by atoms with Gasteiger partial charge in [-0.1, -0.05) is 22.5 Å². The lowest BCUT2D eigenvalue weighted by atomic mass is 9.98. The SMILES string of the molecule is C=C(Cc1cc(F)c(F)c(F)c1)c1c(F)cc(Br)cc1F. The summed E-state index contributed by atoms with van der Waals surface area (Å²) in [5.74, 6) is -6.03. The third kappa shape index (κ3) is 3.32. The maximum atomic E-state index is 13.7. The summed E-state index contributed by atoms with van der Waals surface area (Å²) in [6, 6.07) is 3.63. The summed E-state index contributed by atoms with van der Waals surface area (Å²) in [7, 11) is 0. The highest BCUT2D eigenvalue weighted by Crippen LogP contribution is 2.27. The summed E-state index contributed by atoms with van der Waals surface area (Å²) in [6.07, 6.45) is -0.219. The number of hydrogen-bond acceptors (Lipinski definition) is 0. The van der Waals surface area contributed by atoms with Gasteiger partial charge in [-0.3, -0.25) is 0 Å². The van der Waals surface area contributed by atoms with E-state index in [9.17, 15) is 22.0 Å². The molecule has 0 saturated carbocycles. The van der Waals surface area contributed by atoms with Crippen LogP contribution < -0.4 is 0 Å². The molecule has 0 aliphatic carbocycles. The molecule has 0 aliphatic rings. The van der Waals surface area contributed by atoms with Gasteiger partial charge in [0.1, 0.15) is 11.6 Å². The normalized spacial score (nSPS) is 10.8. The summed E-state index contributed by atoms with van der Waals surface area (Å²) in [4.78, 5) is 0. The minimum atomic E-state index is -1.59. The summed E-state index contributed by atoms with van der Waals surface area (Å²) in [5, 5.41) is 0. The van der Waals surface area contributed by atoms with Crippen LogP contribution in [-0.4, -0.2) is 0 Å². The van der Waals surface area contributed by atoms with Gasteiger partial charge in [-0.2, -0.15) is 0 Å². The number of hydrogen-bond donors (Lipinski definition) is 0. The number of rotatable bonds is 3. The van der Waals surface area contributed by atoms with Crippen molar-refractivity contribution in [1.29, 1.82) is 0 Å². The van der Waals surface area contributed by atoms with E-state index in [4.69, 9.17) is 0 Å². The van der Waals surface area contributed by atoms with Crippen molar-refractivity contribution in [2.75, 3.05) is 0 Å². The topological polar surface area (TPSA) is 0 Å². The molecular weight excluding hydrogens is 355 g/mol. The van der Waals surface area contributed by atoms with E-state index in [0.29, 0.717) is 0 Å². The van der Waals surface area contributed by atoms with Crippen molar-refractivity contribution in [3.05, 3.63) is 75.5 Å². The molecule has 2 rings (SSSR count). The summed E-state index contributed by atoms with van der Waals surface area (Å²) < 4.78 is 66.8. The lowest BCUT2D eigenvalue weighted by Gasteiger charge is -2.10. The van der Waals surface area contributed by atoms with Gasteiger partial charge in [0.2, 0.25) is 0 Å². The fourth-order valence-electron chi connectivity index (χ4n) is 1.92. The average Bonchev–Trinajstić information content (AvgIpc) is 2.34. The Kier molecular flexibility index (Phi) is 4.46. The lowest BCUT2D eigenvalue weighted by molar-refractivity contribution is 0.445. The zero-order valence-electron chi connectivity index (χ0n) is 10.5. The Morgan fingerprint density at radius 2 is 1.33 bits per heavy atom. The predicted octanol–water partition coefficient (Wildman–Crippen LogP) is 5.40. The van der Waals surface area contributed by atoms with Gasteiger partial charge in [-0.25, -0.2) is 22.0 Å². The average molecular weight is 363 g/mol. The third-order valence-corrected chi connectivity index (χ3v) is 3.28. The fraction of sp³-hybridized carbons (Fsp3) is 0.0667. The summed E-state index contributed by atoms with van der Waals surface area (Å²) >= 11 is 2.94. The second-order valence-electron chi connectivity index (χ2n) is 4.40. The second kappa shape index (κ2) is 5.97. The molecule has 0 bridgehead atoms. The molecule has 21 heavy (non-hydrogen) atoms. The molecular formula is C15H8BrF5. The third-order valence-electron chi connectivity index (χ3n) is 2.82. The molecule has 0 fully saturated rings. The molecule has 0 nitrogen and oxygen atoms in total. The summed E-state index contributed by atoms with van der Waals surface area (Å²) in [5.41, 5.74) is -0.357. The van der Waals surface area contributed by atoms with Crippen LogP contribution in [0.2, 0.25) is 0 Å². The number of allylic oxidation sites excluding steroid dienone is 1. The van der Waals surface area contributed by atoms with Gasteiger partial charge >= 0.3 is 0 Å². The van der Waals surface area contributed by atoms with Crippen molar-refractivity contribution in [1.82, 2.24) is 0 Å². The van der Waals surface area contributed by atoms with Gasteiger partial charge in [0, 0.05) is 10.0 Å². The quantitative estimate of drug-likeness (QED) is 0.506. The van der Waals surface area contributed by atoms with Gasteiger partial charge < -0.3 is 0 Å². The van der Waals surface area contributed by atoms with Gasteiger partial charge in [-0.15, -0.1) is 0 Å². The molecule has 0 unspecified atom stereocenters. The van der Waals surface area contributed by atoms with E-state index in [2.05, 4.69) is 22.5 Å². The van der Waals surface area contributed by atoms with Crippen molar-refractivity contribution in [3.8, 4) is 0 Å². The van der Waals surface area contributed by atoms with Crippen molar-refractivity contribution in [3.63, 3.8) is 0 Å². The maximum Gasteiger partial charge on any atom is 0.194 e. The van der Waals surface area contributed by atoms with Gasteiger partial charge in [0.05, 0.1) is 0 Å². The van der Waals surface area contributed by atoms with Crippen LogP contribution in [0.1, 0.15) is 11.1 Å². The molecule has 0 aromatic heterocycles. The van der Waals surface area contributed by atoms with Gasteiger partial charge in [-0.05, 0) is 41.8 Å². The minimum Gasteiger partial charge on any atom is -0.206 e. The van der Waals surface area contributed by atoms with Gasteiger partial charge in [0.25, 0.3) is 0 Å². The molecule has 0 heterocycles. The number of benzene rings is 2. The first-order chi connectivity index (χ1) is 9.79. The largest absolute Gasteiger partial charge is 0.206 e. The number of halogens is 6. The Morgan fingerprint density at radius 1 is 0.857 bits per heavy atom. The molecule has 0 radical (unpaired) electrons. The fourth-order valence-corrected chi connectivity index (χ4v) is 2.33. The first-order valence-electron chi connectivity index (χ1n) is 5.75. The highest BCUT2D eigenvalue weighted by molar-refractivity contribution is 9.10. The lowest BCUT2D eigenvalue weighted by Crippen LogP contribution is -2.00. The Morgan fingerprint density at radius 3 is 1.81 bits per heavy atom. The minimum absolute atomic E-state index is 0.0112. The van der Waals surface area contributed by atoms with E-state index in [-0.39, 0.29) is 27.6 Å². The molecule has 0 atom stereocenters. The van der Waals surface area contributed by atoms with E-state index < -0.39 is 29.1 Å². The van der Waals surface area contributed by atoms with Crippen LogP contribution in [0.5, 0.6) is 0 Å². The van der Waals surface area contributed by atoms with E-state index in [1.165, 1.54) is 0 Å². The standard InChI is InChI=1S/C15H8BrF5/c1-7(14-10(17)5-9(16)6-11(14)18)2-8-3-12(19)15(21)13(20)4-8/h3-6H,1-2H2. The monoisotopic (exact) mass is 362 g/mol. The van der Waals surface area contributed by atoms with Crippen molar-refractivity contribution in [2.24, 2.45) is 0 Å². The van der Waals surface area contributed by atoms with E-state index in [1.54, 1.807) is 0 Å². The Balaban J connectivity index is 2.35. The zero-order chi connectivity index (χ0) is 15.7. The molecule has 0 aliphatic heterocycles. The highest BCUT2D eigenvalue weighted by Gasteiger charge is 2.16. The van der Waals surface area contributed by atoms with Crippen LogP contribution in [0.25, 0.3) is 5.57 Å². The second-order valence-corrected chi connectivity index (χ2v) is 5.31. The van der Waals surface area contributed by atoms with Crippen LogP contribution in [0.15, 0.2) is 35.3 Å². The molecule has 2 aromatic carbocycles. The smallest absolute Gasteiger partial charge is 0.194 e. The molecule has 6 heteroatoms.